The molecule has 1 amide bonds. The molecule has 9 heteroatoms. The first-order valence-electron chi connectivity index (χ1n) is 10.9. The fraction of sp³-hybridized carbons (Fsp3) is 0.250. The molecule has 0 unspecified atom stereocenters. The van der Waals surface area contributed by atoms with E-state index in [0.29, 0.717) is 24.6 Å². The number of aromatic nitrogens is 5. The molecule has 1 fully saturated rings. The number of nitrogen functional groups attached to an aromatic ring is 1. The molecule has 166 valence electrons. The molecule has 9 nitrogen and oxygen atoms in total. The molecule has 2 N–H and O–H groups in total. The lowest BCUT2D eigenvalue weighted by molar-refractivity contribution is -0.0326. The van der Waals surface area contributed by atoms with Gasteiger partial charge >= 0.3 is 0 Å². The Bertz CT molecular complexity index is 1500. The molecule has 1 aliphatic rings. The van der Waals surface area contributed by atoms with E-state index in [4.69, 9.17) is 15.5 Å². The van der Waals surface area contributed by atoms with Gasteiger partial charge in [0, 0.05) is 30.4 Å². The molecule has 5 aromatic rings. The maximum absolute atomic E-state index is 13.8. The fourth-order valence-electron chi connectivity index (χ4n) is 4.74. The van der Waals surface area contributed by atoms with Crippen LogP contribution in [0.4, 0.5) is 5.82 Å². The second-order valence-corrected chi connectivity index (χ2v) is 8.51. The van der Waals surface area contributed by atoms with E-state index in [2.05, 4.69) is 10.1 Å². The van der Waals surface area contributed by atoms with Crippen molar-refractivity contribution in [3.8, 4) is 0 Å². The predicted octanol–water partition coefficient (Wildman–Crippen LogP) is 2.95. The topological polar surface area (TPSA) is 104 Å². The Hall–Kier alpha value is -3.98. The molecular weight excluding hydrogens is 418 g/mol. The highest BCUT2D eigenvalue weighted by atomic mass is 16.5. The van der Waals surface area contributed by atoms with Crippen LogP contribution in [0.15, 0.2) is 55.0 Å². The van der Waals surface area contributed by atoms with Gasteiger partial charge in [-0.2, -0.15) is 5.10 Å². The summed E-state index contributed by atoms with van der Waals surface area (Å²) in [4.78, 5) is 25.0. The van der Waals surface area contributed by atoms with Crippen molar-refractivity contribution >= 4 is 39.2 Å². The minimum Gasteiger partial charge on any atom is -0.383 e. The number of imidazole rings is 1. The fourth-order valence-corrected chi connectivity index (χ4v) is 4.74. The van der Waals surface area contributed by atoms with Crippen LogP contribution >= 0.6 is 0 Å². The van der Waals surface area contributed by atoms with Crippen LogP contribution in [0, 0.1) is 0 Å². The minimum atomic E-state index is -0.280. The van der Waals surface area contributed by atoms with Crippen LogP contribution < -0.4 is 5.73 Å². The number of morpholine rings is 1. The highest BCUT2D eigenvalue weighted by Crippen LogP contribution is 2.32. The van der Waals surface area contributed by atoms with E-state index in [0.717, 1.165) is 33.1 Å². The summed E-state index contributed by atoms with van der Waals surface area (Å²) in [5.41, 5.74) is 9.94. The number of carbonyl (C=O) groups is 1. The molecule has 4 aromatic heterocycles. The zero-order valence-electron chi connectivity index (χ0n) is 18.3. The number of fused-ring (bicyclic) bond motifs is 4. The lowest BCUT2D eigenvalue weighted by Crippen LogP contribution is -2.49. The minimum absolute atomic E-state index is 0.0677. The Morgan fingerprint density at radius 1 is 1.15 bits per heavy atom. The Morgan fingerprint density at radius 3 is 2.88 bits per heavy atom. The maximum Gasteiger partial charge on any atom is 0.254 e. The molecule has 33 heavy (non-hydrogen) atoms. The van der Waals surface area contributed by atoms with E-state index in [1.54, 1.807) is 10.9 Å². The summed E-state index contributed by atoms with van der Waals surface area (Å²) in [5, 5.41) is 5.95. The summed E-state index contributed by atoms with van der Waals surface area (Å²) in [6, 6.07) is 11.0. The molecule has 0 saturated carbocycles. The van der Waals surface area contributed by atoms with Crippen LogP contribution in [0.2, 0.25) is 0 Å². The van der Waals surface area contributed by atoms with Crippen molar-refractivity contribution in [2.24, 2.45) is 7.05 Å². The van der Waals surface area contributed by atoms with Gasteiger partial charge in [0.2, 0.25) is 0 Å². The maximum atomic E-state index is 13.8. The van der Waals surface area contributed by atoms with Gasteiger partial charge in [-0.05, 0) is 37.3 Å². The van der Waals surface area contributed by atoms with Crippen LogP contribution in [0.3, 0.4) is 0 Å². The van der Waals surface area contributed by atoms with Gasteiger partial charge in [0.25, 0.3) is 5.91 Å². The largest absolute Gasteiger partial charge is 0.383 e. The third kappa shape index (κ3) is 3.04. The highest BCUT2D eigenvalue weighted by Gasteiger charge is 2.35. The third-order valence-electron chi connectivity index (χ3n) is 6.36. The van der Waals surface area contributed by atoms with Crippen molar-refractivity contribution in [3.05, 3.63) is 66.2 Å². The number of aryl methyl sites for hydroxylation is 1. The van der Waals surface area contributed by atoms with Crippen LogP contribution in [0.25, 0.3) is 27.5 Å². The molecule has 0 radical (unpaired) electrons. The lowest BCUT2D eigenvalue weighted by atomic mass is 10.0. The molecule has 0 aliphatic carbocycles. The molecule has 1 aliphatic heterocycles. The Balaban J connectivity index is 1.45. The SMILES string of the molecule is C[C@@H]1COC[C@H](c2cn3ccccc3n2)N1C(=O)c1ccc2nc(N)c3cnn(C)c3c2c1. The quantitative estimate of drug-likeness (QED) is 0.452. The van der Waals surface area contributed by atoms with E-state index in [9.17, 15) is 4.79 Å². The number of nitrogens with two attached hydrogens (primary N) is 1. The number of hydrogen-bond donors (Lipinski definition) is 1. The van der Waals surface area contributed by atoms with Gasteiger partial charge in [0.1, 0.15) is 11.5 Å². The summed E-state index contributed by atoms with van der Waals surface area (Å²) in [6.45, 7) is 2.88. The molecule has 0 spiro atoms. The first kappa shape index (κ1) is 19.7. The van der Waals surface area contributed by atoms with E-state index in [1.807, 2.05) is 72.1 Å². The van der Waals surface area contributed by atoms with Gasteiger partial charge in [-0.1, -0.05) is 6.07 Å². The summed E-state index contributed by atoms with van der Waals surface area (Å²) in [6.07, 6.45) is 5.62. The number of rotatable bonds is 2. The van der Waals surface area contributed by atoms with Crippen molar-refractivity contribution in [2.75, 3.05) is 18.9 Å². The lowest BCUT2D eigenvalue weighted by Gasteiger charge is -2.39. The summed E-state index contributed by atoms with van der Waals surface area (Å²) < 4.78 is 9.55. The van der Waals surface area contributed by atoms with Gasteiger partial charge in [0.05, 0.1) is 53.6 Å². The third-order valence-corrected chi connectivity index (χ3v) is 6.36. The molecule has 6 rings (SSSR count). The van der Waals surface area contributed by atoms with Crippen molar-refractivity contribution in [3.63, 3.8) is 0 Å². The second-order valence-electron chi connectivity index (χ2n) is 8.51. The molecular formula is C24H23N7O2. The second kappa shape index (κ2) is 7.28. The predicted molar refractivity (Wildman–Crippen MR) is 125 cm³/mol. The van der Waals surface area contributed by atoms with Gasteiger partial charge in [0.15, 0.2) is 0 Å². The number of anilines is 1. The summed E-state index contributed by atoms with van der Waals surface area (Å²) in [7, 11) is 1.86. The van der Waals surface area contributed by atoms with Gasteiger partial charge in [-0.25, -0.2) is 9.97 Å². The summed E-state index contributed by atoms with van der Waals surface area (Å²) in [5.74, 6) is 0.361. The number of nitrogens with zero attached hydrogens (tertiary/aromatic N) is 6. The van der Waals surface area contributed by atoms with Crippen molar-refractivity contribution in [2.45, 2.75) is 19.0 Å². The van der Waals surface area contributed by atoms with Crippen molar-refractivity contribution < 1.29 is 9.53 Å². The zero-order valence-corrected chi connectivity index (χ0v) is 18.3. The Labute approximate surface area is 189 Å². The average molecular weight is 441 g/mol. The Kier molecular flexibility index (Phi) is 4.34. The van der Waals surface area contributed by atoms with Crippen molar-refractivity contribution in [1.82, 2.24) is 29.0 Å². The molecule has 1 saturated heterocycles. The van der Waals surface area contributed by atoms with Crippen molar-refractivity contribution in [1.29, 1.82) is 0 Å². The molecule has 1 aromatic carbocycles. The smallest absolute Gasteiger partial charge is 0.254 e. The molecule has 5 heterocycles. The van der Waals surface area contributed by atoms with Gasteiger partial charge < -0.3 is 19.8 Å². The van der Waals surface area contributed by atoms with E-state index in [-0.39, 0.29) is 18.0 Å². The summed E-state index contributed by atoms with van der Waals surface area (Å²) >= 11 is 0. The first-order chi connectivity index (χ1) is 16.0. The van der Waals surface area contributed by atoms with Crippen LogP contribution in [-0.2, 0) is 11.8 Å². The van der Waals surface area contributed by atoms with E-state index < -0.39 is 0 Å². The van der Waals surface area contributed by atoms with E-state index in [1.165, 1.54) is 0 Å². The van der Waals surface area contributed by atoms with Crippen LogP contribution in [0.1, 0.15) is 29.0 Å². The zero-order chi connectivity index (χ0) is 22.7. The highest BCUT2D eigenvalue weighted by molar-refractivity contribution is 6.10. The van der Waals surface area contributed by atoms with Gasteiger partial charge in [-0.15, -0.1) is 0 Å². The molecule has 2 atom stereocenters. The standard InChI is InChI=1S/C24H23N7O2/c1-14-12-33-13-20(19-11-30-8-4-3-5-21(30)27-19)31(14)24(32)15-6-7-18-16(9-15)22-17(23(25)28-18)10-26-29(22)2/h3-11,14,20H,12-13H2,1-2H3,(H2,25,28)/t14-,20-/m1/s1. The van der Waals surface area contributed by atoms with E-state index >= 15 is 0 Å². The number of benzene rings is 1. The monoisotopic (exact) mass is 441 g/mol. The number of ether oxygens (including phenoxy) is 1. The first-order valence-corrected chi connectivity index (χ1v) is 10.9. The Morgan fingerprint density at radius 2 is 2.03 bits per heavy atom. The average Bonchev–Trinajstić information content (AvgIpc) is 3.43. The molecule has 0 bridgehead atoms. The van der Waals surface area contributed by atoms with Crippen LogP contribution in [0.5, 0.6) is 0 Å². The number of carbonyl (C=O) groups excluding carboxylic acids is 1. The van der Waals surface area contributed by atoms with Crippen LogP contribution in [-0.4, -0.2) is 54.2 Å². The number of hydrogen-bond acceptors (Lipinski definition) is 6. The number of pyridine rings is 2. The number of amides is 1. The normalized spacial score (nSPS) is 19.0. The van der Waals surface area contributed by atoms with Gasteiger partial charge in [-0.3, -0.25) is 9.48 Å².